The number of hydrogen-bond acceptors (Lipinski definition) is 10. The first-order chi connectivity index (χ1) is 12.8. The van der Waals surface area contributed by atoms with Gasteiger partial charge in [0.05, 0.1) is 12.7 Å². The molecule has 0 aromatic rings. The minimum Gasteiger partial charge on any atom is -0.380 e. The molecule has 5 atom stereocenters. The molecular weight excluding hydrogens is 452 g/mol. The maximum Gasteiger partial charge on any atom is 0.490 e. The average Bonchev–Trinajstić information content (AvgIpc) is 2.82. The highest BCUT2D eigenvalue weighted by atomic mass is 31.3. The van der Waals surface area contributed by atoms with Gasteiger partial charge in [-0.25, -0.2) is 13.7 Å². The molecule has 0 aliphatic carbocycles. The van der Waals surface area contributed by atoms with E-state index in [1.165, 1.54) is 0 Å². The van der Waals surface area contributed by atoms with Crippen LogP contribution < -0.4 is 0 Å². The summed E-state index contributed by atoms with van der Waals surface area (Å²) in [4.78, 5) is 40.1. The van der Waals surface area contributed by atoms with Gasteiger partial charge >= 0.3 is 23.5 Å². The molecule has 4 N–H and O–H groups in total. The molecular formula is C6H12BN6O12P3. The molecule has 0 amide bonds. The van der Waals surface area contributed by atoms with E-state index in [2.05, 4.69) is 33.2 Å². The smallest absolute Gasteiger partial charge is 0.380 e. The van der Waals surface area contributed by atoms with Gasteiger partial charge in [-0.05, 0) is 17.5 Å². The van der Waals surface area contributed by atoms with Crippen LogP contribution >= 0.6 is 23.5 Å². The van der Waals surface area contributed by atoms with Crippen LogP contribution in [0.25, 0.3) is 20.9 Å². The highest BCUT2D eigenvalue weighted by Gasteiger charge is 2.42. The number of ether oxygens (including phenoxy) is 2. The number of rotatable bonds is 11. The van der Waals surface area contributed by atoms with Crippen molar-refractivity contribution in [2.24, 2.45) is 10.2 Å². The molecule has 18 nitrogen and oxygen atoms in total. The Morgan fingerprint density at radius 1 is 1.11 bits per heavy atom. The van der Waals surface area contributed by atoms with Crippen molar-refractivity contribution in [3.63, 3.8) is 0 Å². The Labute approximate surface area is 156 Å². The Morgan fingerprint density at radius 3 is 2.18 bits per heavy atom. The Bertz CT molecular complexity index is 777. The van der Waals surface area contributed by atoms with Crippen molar-refractivity contribution in [2.75, 3.05) is 6.61 Å². The van der Waals surface area contributed by atoms with Gasteiger partial charge in [0.15, 0.2) is 0 Å². The molecule has 1 heterocycles. The molecule has 22 heteroatoms. The van der Waals surface area contributed by atoms with Crippen LogP contribution in [0.15, 0.2) is 10.2 Å². The van der Waals surface area contributed by atoms with Gasteiger partial charge in [-0.2, -0.15) is 8.62 Å². The number of hydrogen-bond donors (Lipinski definition) is 4. The molecule has 0 aromatic carbocycles. The fourth-order valence-corrected chi connectivity index (χ4v) is 4.86. The number of nitrogens with zero attached hydrogens (tertiary/aromatic N) is 6. The third kappa shape index (κ3) is 9.48. The lowest BCUT2D eigenvalue weighted by molar-refractivity contribution is -0.0634. The first-order valence-electron chi connectivity index (χ1n) is 6.70. The number of azide groups is 1. The van der Waals surface area contributed by atoms with E-state index < -0.39 is 54.6 Å². The number of phosphoric ester groups is 1. The second-order valence-electron chi connectivity index (χ2n) is 4.75. The van der Waals surface area contributed by atoms with Crippen LogP contribution in [0.2, 0.25) is 0 Å². The lowest BCUT2D eigenvalue weighted by Gasteiger charge is -2.22. The third-order valence-corrected chi connectivity index (χ3v) is 6.45. The van der Waals surface area contributed by atoms with E-state index in [-0.39, 0.29) is 6.42 Å². The van der Waals surface area contributed by atoms with Gasteiger partial charge < -0.3 is 29.0 Å². The molecule has 1 saturated heterocycles. The van der Waals surface area contributed by atoms with Crippen LogP contribution in [-0.4, -0.2) is 58.6 Å². The van der Waals surface area contributed by atoms with Gasteiger partial charge in [-0.15, -0.1) is 0 Å². The quantitative estimate of drug-likeness (QED) is 0.109. The normalized spacial score (nSPS) is 27.6. The molecule has 2 unspecified atom stereocenters. The predicted octanol–water partition coefficient (Wildman–Crippen LogP) is 0.903. The molecule has 0 bridgehead atoms. The van der Waals surface area contributed by atoms with Crippen molar-refractivity contribution >= 4 is 31.3 Å². The van der Waals surface area contributed by atoms with Crippen LogP contribution in [0, 0.1) is 0 Å². The highest BCUT2D eigenvalue weighted by molar-refractivity contribution is 7.66. The van der Waals surface area contributed by atoms with E-state index in [0.29, 0.717) is 0 Å². The molecule has 28 heavy (non-hydrogen) atoms. The van der Waals surface area contributed by atoms with Crippen LogP contribution in [0.4, 0.5) is 0 Å². The van der Waals surface area contributed by atoms with Gasteiger partial charge in [-0.1, -0.05) is 10.2 Å². The van der Waals surface area contributed by atoms with E-state index in [0.717, 1.165) is 0 Å². The minimum absolute atomic E-state index is 0.0528. The average molecular weight is 464 g/mol. The molecule has 1 aliphatic heterocycles. The van der Waals surface area contributed by atoms with Gasteiger partial charge in [0.1, 0.15) is 14.0 Å². The summed E-state index contributed by atoms with van der Waals surface area (Å²) in [5.74, 6) is 0. The molecule has 1 aliphatic rings. The summed E-state index contributed by atoms with van der Waals surface area (Å²) in [7, 11) is -11.0. The zero-order chi connectivity index (χ0) is 21.6. The van der Waals surface area contributed by atoms with Gasteiger partial charge in [-0.3, -0.25) is 4.52 Å². The van der Waals surface area contributed by atoms with Gasteiger partial charge in [0, 0.05) is 15.8 Å². The highest BCUT2D eigenvalue weighted by Crippen LogP contribution is 2.66. The molecule has 1 rings (SSSR count). The molecule has 156 valence electrons. The van der Waals surface area contributed by atoms with Crippen LogP contribution in [-0.2, 0) is 36.3 Å². The summed E-state index contributed by atoms with van der Waals surface area (Å²) in [6, 6.07) is -0.961. The second kappa shape index (κ2) is 10.2. The summed E-state index contributed by atoms with van der Waals surface area (Å²) < 4.78 is 55.2. The number of phosphoric acid groups is 3. The van der Waals surface area contributed by atoms with Crippen LogP contribution in [0.1, 0.15) is 6.42 Å². The van der Waals surface area contributed by atoms with Crippen LogP contribution in [0.5, 0.6) is 0 Å². The van der Waals surface area contributed by atoms with Crippen molar-refractivity contribution in [1.82, 2.24) is 0 Å². The summed E-state index contributed by atoms with van der Waals surface area (Å²) in [6.45, 7) is -0.846. The van der Waals surface area contributed by atoms with E-state index in [4.69, 9.17) is 43.1 Å². The van der Waals surface area contributed by atoms with Crippen molar-refractivity contribution in [1.29, 1.82) is 0 Å². The summed E-state index contributed by atoms with van der Waals surface area (Å²) >= 11 is 0. The molecule has 0 spiro atoms. The third-order valence-electron chi connectivity index (χ3n) is 2.64. The van der Waals surface area contributed by atoms with Crippen molar-refractivity contribution in [2.45, 2.75) is 31.0 Å². The van der Waals surface area contributed by atoms with Crippen LogP contribution in [0.3, 0.4) is 0 Å². The Morgan fingerprint density at radius 2 is 1.68 bits per heavy atom. The lowest BCUT2D eigenvalue weighted by atomic mass is 9.96. The SMILES string of the molecule is [B][C@H]1C[C@@H](OC(N=[N+]=[N-])N=[N+]=[N-])[C@@H](COP(=O)(O)OP(=O)(O)OP(=O)(O)O)O1. The fraction of sp³-hybridized carbons (Fsp3) is 1.00. The van der Waals surface area contributed by atoms with Crippen molar-refractivity contribution in [3.8, 4) is 0 Å². The Kier molecular flexibility index (Phi) is 9.10. The second-order valence-corrected chi connectivity index (χ2v) is 9.17. The standard InChI is InChI=1S/C6H12BN6O12P3/c7-5-1-3(23-6(10-12-8)11-13-9)4(22-5)2-21-27(17,18)25-28(19,20)24-26(14,15)16/h3-6H,1-2H2,(H,17,18)(H,19,20)(H2,14,15,16)/t3-,4-,5-/m1/s1. The topological polar surface area (TPSA) is 276 Å². The Balaban J connectivity index is 2.75. The first kappa shape index (κ1) is 25.1. The minimum atomic E-state index is -5.67. The van der Waals surface area contributed by atoms with E-state index in [1.54, 1.807) is 0 Å². The predicted molar refractivity (Wildman–Crippen MR) is 85.8 cm³/mol. The molecule has 1 fully saturated rings. The maximum atomic E-state index is 11.7. The fourth-order valence-electron chi connectivity index (χ4n) is 1.83. The molecule has 2 radical (unpaired) electrons. The first-order valence-corrected chi connectivity index (χ1v) is 11.2. The lowest BCUT2D eigenvalue weighted by Crippen LogP contribution is -2.31. The van der Waals surface area contributed by atoms with E-state index in [1.807, 2.05) is 0 Å². The maximum absolute atomic E-state index is 11.7. The van der Waals surface area contributed by atoms with Gasteiger partial charge in [0.25, 0.3) is 0 Å². The summed E-state index contributed by atoms with van der Waals surface area (Å²) in [5, 5.41) is 6.08. The zero-order valence-electron chi connectivity index (χ0n) is 13.4. The Hall–Kier alpha value is -0.985. The summed E-state index contributed by atoms with van der Waals surface area (Å²) in [5.41, 5.74) is 16.7. The molecule has 0 saturated carbocycles. The van der Waals surface area contributed by atoms with Crippen molar-refractivity contribution < 1.29 is 55.9 Å². The van der Waals surface area contributed by atoms with E-state index >= 15 is 0 Å². The largest absolute Gasteiger partial charge is 0.490 e. The van der Waals surface area contributed by atoms with E-state index in [9.17, 15) is 18.6 Å². The zero-order valence-corrected chi connectivity index (χ0v) is 16.1. The monoisotopic (exact) mass is 464 g/mol. The summed E-state index contributed by atoms with van der Waals surface area (Å²) in [6.07, 6.45) is -3.97. The van der Waals surface area contributed by atoms with Crippen molar-refractivity contribution in [3.05, 3.63) is 20.9 Å². The molecule has 0 aromatic heterocycles. The van der Waals surface area contributed by atoms with Gasteiger partial charge in [0.2, 0.25) is 6.35 Å².